The summed E-state index contributed by atoms with van der Waals surface area (Å²) in [5, 5.41) is 0. The van der Waals surface area contributed by atoms with Crippen molar-refractivity contribution in [2.45, 2.75) is 0 Å². The van der Waals surface area contributed by atoms with Crippen LogP contribution in [0.15, 0.2) is 152 Å². The van der Waals surface area contributed by atoms with Gasteiger partial charge in [0.2, 0.25) is 0 Å². The zero-order valence-corrected chi connectivity index (χ0v) is 24.6. The first-order valence-electron chi connectivity index (χ1n) is 14.9. The number of hydrogen-bond donors (Lipinski definition) is 0. The summed E-state index contributed by atoms with van der Waals surface area (Å²) in [4.78, 5) is 33.7. The molecule has 0 saturated carbocycles. The molecule has 4 aromatic carbocycles. The molecule has 0 aliphatic rings. The third-order valence-electron chi connectivity index (χ3n) is 7.66. The quantitative estimate of drug-likeness (QED) is 0.191. The predicted octanol–water partition coefficient (Wildman–Crippen LogP) is 8.61. The Bertz CT molecular complexity index is 2220. The Balaban J connectivity index is 1.18. The van der Waals surface area contributed by atoms with Gasteiger partial charge in [-0.1, -0.05) is 103 Å². The van der Waals surface area contributed by atoms with Gasteiger partial charge in [-0.15, -0.1) is 0 Å². The van der Waals surface area contributed by atoms with Crippen LogP contribution in [0.25, 0.3) is 79.1 Å². The molecule has 4 aromatic heterocycles. The number of rotatable bonds is 6. The van der Waals surface area contributed by atoms with E-state index < -0.39 is 0 Å². The van der Waals surface area contributed by atoms with Crippen LogP contribution >= 0.6 is 0 Å². The van der Waals surface area contributed by atoms with Crippen LogP contribution in [0.2, 0.25) is 0 Å². The van der Waals surface area contributed by atoms with Gasteiger partial charge in [0, 0.05) is 29.1 Å². The van der Waals surface area contributed by atoms with Crippen molar-refractivity contribution in [2.75, 3.05) is 0 Å². The first-order valence-corrected chi connectivity index (χ1v) is 14.9. The Morgan fingerprint density at radius 3 is 1.24 bits per heavy atom. The van der Waals surface area contributed by atoms with Crippen molar-refractivity contribution in [3.63, 3.8) is 0 Å². The minimum absolute atomic E-state index is 0.616. The Kier molecular flexibility index (Phi) is 7.01. The fourth-order valence-electron chi connectivity index (χ4n) is 5.35. The van der Waals surface area contributed by atoms with E-state index in [1.165, 1.54) is 0 Å². The zero-order valence-electron chi connectivity index (χ0n) is 24.6. The van der Waals surface area contributed by atoms with Gasteiger partial charge < -0.3 is 0 Å². The summed E-state index contributed by atoms with van der Waals surface area (Å²) in [7, 11) is 0. The molecule has 0 unspecified atom stereocenters. The highest BCUT2D eigenvalue weighted by Gasteiger charge is 2.16. The minimum Gasteiger partial charge on any atom is -0.255 e. The molecule has 0 saturated heterocycles. The Morgan fingerprint density at radius 2 is 0.739 bits per heavy atom. The van der Waals surface area contributed by atoms with E-state index in [1.807, 2.05) is 115 Å². The maximum atomic E-state index is 5.06. The van der Waals surface area contributed by atoms with Crippen molar-refractivity contribution in [1.82, 2.24) is 34.9 Å². The Morgan fingerprint density at radius 1 is 0.304 bits per heavy atom. The molecule has 8 rings (SSSR count). The van der Waals surface area contributed by atoms with Crippen LogP contribution in [-0.2, 0) is 0 Å². The fourth-order valence-corrected chi connectivity index (χ4v) is 5.35. The Hall–Kier alpha value is -6.47. The summed E-state index contributed by atoms with van der Waals surface area (Å²) in [6.07, 6.45) is 3.53. The molecule has 0 N–H and O–H groups in total. The van der Waals surface area contributed by atoms with Crippen LogP contribution in [-0.4, -0.2) is 34.9 Å². The first-order chi connectivity index (χ1) is 22.8. The number of hydrogen-bond acceptors (Lipinski definition) is 7. The topological polar surface area (TPSA) is 90.2 Å². The number of fused-ring (bicyclic) bond motifs is 1. The fraction of sp³-hybridized carbons (Fsp3) is 0. The molecule has 46 heavy (non-hydrogen) atoms. The van der Waals surface area contributed by atoms with Gasteiger partial charge in [-0.05, 0) is 47.5 Å². The van der Waals surface area contributed by atoms with Crippen molar-refractivity contribution in [3.8, 4) is 68.1 Å². The molecule has 0 bridgehead atoms. The number of aromatic nitrogens is 7. The molecule has 0 atom stereocenters. The van der Waals surface area contributed by atoms with Crippen molar-refractivity contribution in [1.29, 1.82) is 0 Å². The lowest BCUT2D eigenvalue weighted by Crippen LogP contribution is -2.00. The first kappa shape index (κ1) is 27.1. The molecular weight excluding hydrogens is 566 g/mol. The van der Waals surface area contributed by atoms with E-state index in [-0.39, 0.29) is 0 Å². The van der Waals surface area contributed by atoms with Gasteiger partial charge in [0.25, 0.3) is 0 Å². The SMILES string of the molecule is c1ccc(-c2nc(-c3ccccc3)nc(-c3ccc(-c4ccc5nc(-c6ccccn6)c(-c6ccccn6)nc5c4)cc3)n2)cc1. The van der Waals surface area contributed by atoms with E-state index in [1.54, 1.807) is 12.4 Å². The van der Waals surface area contributed by atoms with Crippen LogP contribution < -0.4 is 0 Å². The summed E-state index contributed by atoms with van der Waals surface area (Å²) in [5.74, 6) is 1.89. The van der Waals surface area contributed by atoms with Crippen molar-refractivity contribution >= 4 is 11.0 Å². The van der Waals surface area contributed by atoms with Crippen molar-refractivity contribution in [3.05, 3.63) is 152 Å². The summed E-state index contributed by atoms with van der Waals surface area (Å²) in [6, 6.07) is 45.9. The molecule has 0 amide bonds. The molecule has 4 heterocycles. The second-order valence-corrected chi connectivity index (χ2v) is 10.7. The lowest BCUT2D eigenvalue weighted by Gasteiger charge is -2.11. The van der Waals surface area contributed by atoms with Gasteiger partial charge in [0.05, 0.1) is 22.4 Å². The zero-order chi connectivity index (χ0) is 30.7. The molecular formula is C39H25N7. The minimum atomic E-state index is 0.616. The van der Waals surface area contributed by atoms with Crippen molar-refractivity contribution in [2.24, 2.45) is 0 Å². The van der Waals surface area contributed by atoms with Crippen LogP contribution in [0.1, 0.15) is 0 Å². The van der Waals surface area contributed by atoms with Crippen LogP contribution in [0.4, 0.5) is 0 Å². The third kappa shape index (κ3) is 5.37. The molecule has 0 radical (unpaired) electrons. The summed E-state index contributed by atoms with van der Waals surface area (Å²) in [5.41, 5.74) is 9.30. The summed E-state index contributed by atoms with van der Waals surface area (Å²) < 4.78 is 0. The van der Waals surface area contributed by atoms with Gasteiger partial charge in [0.1, 0.15) is 11.4 Å². The van der Waals surface area contributed by atoms with E-state index in [2.05, 4.69) is 34.2 Å². The standard InChI is InChI=1S/C39H25N7/c1-3-11-27(12-4-1)37-44-38(28-13-5-2-6-14-28)46-39(45-37)29-19-17-26(18-20-29)30-21-22-31-34(25-30)43-36(33-16-8-10-24-41-33)35(42-31)32-15-7-9-23-40-32/h1-25H. The second-order valence-electron chi connectivity index (χ2n) is 10.7. The predicted molar refractivity (Wildman–Crippen MR) is 181 cm³/mol. The lowest BCUT2D eigenvalue weighted by atomic mass is 10.0. The summed E-state index contributed by atoms with van der Waals surface area (Å²) in [6.45, 7) is 0. The van der Waals surface area contributed by atoms with Gasteiger partial charge in [-0.25, -0.2) is 24.9 Å². The number of nitrogens with zero attached hydrogens (tertiary/aromatic N) is 7. The van der Waals surface area contributed by atoms with Gasteiger partial charge in [-0.2, -0.15) is 0 Å². The van der Waals surface area contributed by atoms with E-state index in [0.29, 0.717) is 28.9 Å². The number of pyridine rings is 2. The Labute approximate surface area is 265 Å². The average molecular weight is 592 g/mol. The average Bonchev–Trinajstić information content (AvgIpc) is 3.15. The third-order valence-corrected chi connectivity index (χ3v) is 7.66. The maximum Gasteiger partial charge on any atom is 0.164 e. The molecule has 0 aliphatic heterocycles. The highest BCUT2D eigenvalue weighted by atomic mass is 15.0. The van der Waals surface area contributed by atoms with Crippen molar-refractivity contribution < 1.29 is 0 Å². The lowest BCUT2D eigenvalue weighted by molar-refractivity contribution is 1.07. The van der Waals surface area contributed by atoms with Gasteiger partial charge >= 0.3 is 0 Å². The molecule has 0 aliphatic carbocycles. The normalized spacial score (nSPS) is 11.0. The van der Waals surface area contributed by atoms with E-state index >= 15 is 0 Å². The molecule has 0 fully saturated rings. The highest BCUT2D eigenvalue weighted by molar-refractivity contribution is 5.87. The molecule has 0 spiro atoms. The van der Waals surface area contributed by atoms with E-state index in [9.17, 15) is 0 Å². The van der Waals surface area contributed by atoms with Crippen LogP contribution in [0, 0.1) is 0 Å². The molecule has 216 valence electrons. The summed E-state index contributed by atoms with van der Waals surface area (Å²) >= 11 is 0. The number of benzene rings is 4. The molecule has 7 heteroatoms. The van der Waals surface area contributed by atoms with E-state index in [4.69, 9.17) is 24.9 Å². The smallest absolute Gasteiger partial charge is 0.164 e. The van der Waals surface area contributed by atoms with Gasteiger partial charge in [0.15, 0.2) is 17.5 Å². The molecule has 8 aromatic rings. The molecule has 7 nitrogen and oxygen atoms in total. The largest absolute Gasteiger partial charge is 0.255 e. The second kappa shape index (κ2) is 11.9. The van der Waals surface area contributed by atoms with Crippen LogP contribution in [0.5, 0.6) is 0 Å². The van der Waals surface area contributed by atoms with Gasteiger partial charge in [-0.3, -0.25) is 9.97 Å². The highest BCUT2D eigenvalue weighted by Crippen LogP contribution is 2.32. The maximum absolute atomic E-state index is 5.06. The van der Waals surface area contributed by atoms with E-state index in [0.717, 1.165) is 50.2 Å². The monoisotopic (exact) mass is 591 g/mol. The van der Waals surface area contributed by atoms with Crippen LogP contribution in [0.3, 0.4) is 0 Å².